The molecule has 0 saturated heterocycles. The molecule has 0 amide bonds. The Morgan fingerprint density at radius 1 is 1.40 bits per heavy atom. The summed E-state index contributed by atoms with van der Waals surface area (Å²) in [5.41, 5.74) is 0.270. The molecule has 0 aromatic rings. The summed E-state index contributed by atoms with van der Waals surface area (Å²) in [6, 6.07) is 0. The Bertz CT molecular complexity index is 331. The predicted octanol–water partition coefficient (Wildman–Crippen LogP) is 4.71. The van der Waals surface area contributed by atoms with Crippen LogP contribution >= 0.6 is 0 Å². The lowest BCUT2D eigenvalue weighted by atomic mass is 9.40. The second-order valence-electron chi connectivity index (χ2n) is 7.15. The highest BCUT2D eigenvalue weighted by Gasteiger charge is 2.43. The summed E-state index contributed by atoms with van der Waals surface area (Å²) in [7, 11) is 1.29. The molecule has 1 heterocycles. The van der Waals surface area contributed by atoms with E-state index in [9.17, 15) is 0 Å². The van der Waals surface area contributed by atoms with E-state index in [4.69, 9.17) is 4.74 Å². The largest absolute Gasteiger partial charge is 0.480 e. The van der Waals surface area contributed by atoms with E-state index in [2.05, 4.69) is 46.5 Å². The zero-order chi connectivity index (χ0) is 15.2. The Hall–Kier alpha value is -0.465. The summed E-state index contributed by atoms with van der Waals surface area (Å²) in [4.78, 5) is 4.67. The van der Waals surface area contributed by atoms with E-state index in [1.165, 1.54) is 32.9 Å². The Morgan fingerprint density at radius 2 is 2.10 bits per heavy atom. The molecule has 1 rings (SSSR count). The molecule has 1 aliphatic rings. The molecule has 3 unspecified atom stereocenters. The van der Waals surface area contributed by atoms with Crippen LogP contribution in [0.2, 0.25) is 11.6 Å². The van der Waals surface area contributed by atoms with E-state index in [0.29, 0.717) is 11.2 Å². The Labute approximate surface area is 127 Å². The van der Waals surface area contributed by atoms with Crippen molar-refractivity contribution in [3.8, 4) is 0 Å². The van der Waals surface area contributed by atoms with Crippen molar-refractivity contribution in [1.29, 1.82) is 0 Å². The van der Waals surface area contributed by atoms with E-state index in [-0.39, 0.29) is 5.41 Å². The fourth-order valence-electron chi connectivity index (χ4n) is 3.42. The van der Waals surface area contributed by atoms with Crippen molar-refractivity contribution in [2.75, 3.05) is 13.2 Å². The quantitative estimate of drug-likeness (QED) is 0.645. The van der Waals surface area contributed by atoms with Gasteiger partial charge in [-0.1, -0.05) is 54.3 Å². The van der Waals surface area contributed by atoms with Gasteiger partial charge in [0.1, 0.15) is 7.28 Å². The minimum Gasteiger partial charge on any atom is -0.480 e. The first kappa shape index (κ1) is 17.6. The molecule has 0 radical (unpaired) electrons. The highest BCUT2D eigenvalue weighted by atomic mass is 16.5. The summed E-state index contributed by atoms with van der Waals surface area (Å²) in [6.45, 7) is 15.7. The molecule has 0 spiro atoms. The average molecular weight is 279 g/mol. The maximum absolute atomic E-state index is 6.20. The second kappa shape index (κ2) is 7.52. The van der Waals surface area contributed by atoms with Crippen molar-refractivity contribution < 1.29 is 4.74 Å². The number of nitrogens with zero attached hydrogens (tertiary/aromatic N) is 1. The first-order chi connectivity index (χ1) is 9.42. The molecule has 20 heavy (non-hydrogen) atoms. The van der Waals surface area contributed by atoms with Crippen LogP contribution < -0.4 is 0 Å². The van der Waals surface area contributed by atoms with Gasteiger partial charge in [0, 0.05) is 17.9 Å². The van der Waals surface area contributed by atoms with Crippen LogP contribution in [0, 0.1) is 11.3 Å². The molecule has 116 valence electrons. The van der Waals surface area contributed by atoms with Gasteiger partial charge < -0.3 is 4.74 Å². The standard InChI is InChI=1S/C17H34BNO/c1-7-14(4)15-19-12-10-11-16(5,13-20-15)17(6,8-2)18-9-3/h14,18H,7-13H2,1-6H3/b19-15-. The molecule has 0 aromatic heterocycles. The van der Waals surface area contributed by atoms with E-state index < -0.39 is 0 Å². The lowest BCUT2D eigenvalue weighted by Gasteiger charge is -2.47. The number of ether oxygens (including phenoxy) is 1. The topological polar surface area (TPSA) is 21.6 Å². The third kappa shape index (κ3) is 3.80. The zero-order valence-corrected chi connectivity index (χ0v) is 14.6. The van der Waals surface area contributed by atoms with Gasteiger partial charge in [-0.25, -0.2) is 0 Å². The van der Waals surface area contributed by atoms with Gasteiger partial charge >= 0.3 is 0 Å². The fourth-order valence-corrected chi connectivity index (χ4v) is 3.42. The van der Waals surface area contributed by atoms with Gasteiger partial charge in [-0.2, -0.15) is 0 Å². The molecule has 2 nitrogen and oxygen atoms in total. The molecule has 0 saturated carbocycles. The first-order valence-corrected chi connectivity index (χ1v) is 8.59. The van der Waals surface area contributed by atoms with E-state index in [1.807, 2.05) is 0 Å². The molecule has 0 bridgehead atoms. The Kier molecular flexibility index (Phi) is 6.61. The van der Waals surface area contributed by atoms with Gasteiger partial charge in [0.25, 0.3) is 0 Å². The monoisotopic (exact) mass is 279 g/mol. The van der Waals surface area contributed by atoms with Crippen molar-refractivity contribution in [3.63, 3.8) is 0 Å². The number of rotatable bonds is 6. The van der Waals surface area contributed by atoms with Gasteiger partial charge in [0.05, 0.1) is 6.61 Å². The summed E-state index contributed by atoms with van der Waals surface area (Å²) in [6.07, 6.45) is 6.02. The number of hydrogen-bond donors (Lipinski definition) is 0. The first-order valence-electron chi connectivity index (χ1n) is 8.59. The molecular weight excluding hydrogens is 245 g/mol. The molecule has 3 heteroatoms. The van der Waals surface area contributed by atoms with Crippen molar-refractivity contribution in [1.82, 2.24) is 0 Å². The molecule has 1 aliphatic heterocycles. The van der Waals surface area contributed by atoms with Crippen LogP contribution in [-0.2, 0) is 4.74 Å². The molecular formula is C17H34BNO. The molecule has 3 atom stereocenters. The van der Waals surface area contributed by atoms with Gasteiger partial charge in [-0.15, -0.1) is 0 Å². The number of aliphatic imine (C=N–C) groups is 1. The van der Waals surface area contributed by atoms with Gasteiger partial charge in [-0.05, 0) is 24.6 Å². The summed E-state index contributed by atoms with van der Waals surface area (Å²) >= 11 is 0. The van der Waals surface area contributed by atoms with Crippen LogP contribution in [0.1, 0.15) is 67.2 Å². The molecule has 0 aromatic carbocycles. The van der Waals surface area contributed by atoms with Crippen molar-refractivity contribution >= 4 is 13.2 Å². The van der Waals surface area contributed by atoms with E-state index in [1.54, 1.807) is 0 Å². The molecule has 0 aliphatic carbocycles. The third-order valence-electron chi connectivity index (χ3n) is 5.77. The lowest BCUT2D eigenvalue weighted by Crippen LogP contribution is -2.41. The van der Waals surface area contributed by atoms with Crippen LogP contribution in [-0.4, -0.2) is 26.3 Å². The average Bonchev–Trinajstić information content (AvgIpc) is 2.42. The van der Waals surface area contributed by atoms with Gasteiger partial charge in [0.2, 0.25) is 0 Å². The highest BCUT2D eigenvalue weighted by Crippen LogP contribution is 2.51. The third-order valence-corrected chi connectivity index (χ3v) is 5.77. The van der Waals surface area contributed by atoms with Gasteiger partial charge in [-0.3, -0.25) is 4.99 Å². The molecule has 0 N–H and O–H groups in total. The van der Waals surface area contributed by atoms with Crippen molar-refractivity contribution in [2.24, 2.45) is 16.3 Å². The van der Waals surface area contributed by atoms with Crippen molar-refractivity contribution in [3.05, 3.63) is 0 Å². The Morgan fingerprint density at radius 3 is 2.65 bits per heavy atom. The van der Waals surface area contributed by atoms with E-state index in [0.717, 1.165) is 25.5 Å². The lowest BCUT2D eigenvalue weighted by molar-refractivity contribution is 0.0800. The van der Waals surface area contributed by atoms with Crippen LogP contribution in [0.15, 0.2) is 4.99 Å². The normalized spacial score (nSPS) is 31.0. The summed E-state index contributed by atoms with van der Waals surface area (Å²) < 4.78 is 6.20. The summed E-state index contributed by atoms with van der Waals surface area (Å²) in [5, 5.41) is 0.375. The van der Waals surface area contributed by atoms with Crippen LogP contribution in [0.25, 0.3) is 0 Å². The summed E-state index contributed by atoms with van der Waals surface area (Å²) in [5.74, 6) is 1.45. The smallest absolute Gasteiger partial charge is 0.186 e. The second-order valence-corrected chi connectivity index (χ2v) is 7.15. The van der Waals surface area contributed by atoms with Crippen molar-refractivity contribution in [2.45, 2.75) is 78.9 Å². The van der Waals surface area contributed by atoms with Crippen LogP contribution in [0.4, 0.5) is 0 Å². The zero-order valence-electron chi connectivity index (χ0n) is 14.6. The van der Waals surface area contributed by atoms with Crippen LogP contribution in [0.5, 0.6) is 0 Å². The van der Waals surface area contributed by atoms with Crippen LogP contribution in [0.3, 0.4) is 0 Å². The Balaban J connectivity index is 2.89. The van der Waals surface area contributed by atoms with E-state index >= 15 is 0 Å². The SMILES string of the molecule is CCBC(C)(CC)C1(C)CCC/N=C(/C(C)CC)OC1. The maximum Gasteiger partial charge on any atom is 0.186 e. The predicted molar refractivity (Wildman–Crippen MR) is 91.3 cm³/mol. The maximum atomic E-state index is 6.20. The number of hydrogen-bond acceptors (Lipinski definition) is 2. The minimum absolute atomic E-state index is 0.270. The molecule has 0 fully saturated rings. The highest BCUT2D eigenvalue weighted by molar-refractivity contribution is 6.40. The fraction of sp³-hybridized carbons (Fsp3) is 0.941. The minimum atomic E-state index is 0.270. The van der Waals surface area contributed by atoms with Gasteiger partial charge in [0.15, 0.2) is 5.90 Å².